The van der Waals surface area contributed by atoms with Gasteiger partial charge >= 0.3 is 0 Å². The van der Waals surface area contributed by atoms with Crippen LogP contribution in [0.5, 0.6) is 0 Å². The van der Waals surface area contributed by atoms with Crippen molar-refractivity contribution in [1.82, 2.24) is 9.13 Å². The minimum atomic E-state index is -0.506. The van der Waals surface area contributed by atoms with Crippen molar-refractivity contribution in [3.05, 3.63) is 417 Å². The van der Waals surface area contributed by atoms with Gasteiger partial charge in [0.25, 0.3) is 0 Å². The van der Waals surface area contributed by atoms with E-state index in [4.69, 9.17) is 0 Å². The first-order chi connectivity index (χ1) is 56.0. The van der Waals surface area contributed by atoms with Crippen LogP contribution < -0.4 is 0 Å². The molecule has 544 valence electrons. The van der Waals surface area contributed by atoms with Crippen LogP contribution in [0.4, 0.5) is 0 Å². The Morgan fingerprint density at radius 3 is 0.826 bits per heavy atom. The molecule has 16 aromatic carbocycles. The molecule has 2 nitrogen and oxygen atoms in total. The minimum Gasteiger partial charge on any atom is -0.309 e. The van der Waals surface area contributed by atoms with Gasteiger partial charge in [0.1, 0.15) is 0 Å². The van der Waals surface area contributed by atoms with Crippen molar-refractivity contribution in [2.45, 2.75) is 82.5 Å². The molecule has 0 saturated carbocycles. The van der Waals surface area contributed by atoms with Crippen molar-refractivity contribution in [3.63, 3.8) is 0 Å². The van der Waals surface area contributed by atoms with Crippen molar-refractivity contribution in [2.75, 3.05) is 0 Å². The van der Waals surface area contributed by atoms with Crippen LogP contribution in [-0.4, -0.2) is 9.13 Å². The first-order valence-electron chi connectivity index (χ1n) is 41.0. The van der Waals surface area contributed by atoms with E-state index in [1.165, 1.54) is 233 Å². The summed E-state index contributed by atoms with van der Waals surface area (Å²) in [5.74, 6) is 0. The summed E-state index contributed by atoms with van der Waals surface area (Å²) in [5.41, 5.74) is 48.1. The van der Waals surface area contributed by atoms with Crippen molar-refractivity contribution in [1.29, 1.82) is 0 Å². The molecule has 24 rings (SSSR count). The predicted molar refractivity (Wildman–Crippen MR) is 483 cm³/mol. The minimum absolute atomic E-state index is 0.0847. The normalized spacial score (nSPS) is 15.6. The van der Waals surface area contributed by atoms with E-state index in [0.717, 1.165) is 0 Å². The molecular formula is C113H82N2. The lowest BCUT2D eigenvalue weighted by molar-refractivity contribution is 0.660. The highest BCUT2D eigenvalue weighted by Gasteiger charge is 2.52. The van der Waals surface area contributed by atoms with Crippen LogP contribution in [0, 0.1) is 0 Å². The summed E-state index contributed by atoms with van der Waals surface area (Å²) in [6, 6.07) is 126. The molecule has 6 aliphatic rings. The van der Waals surface area contributed by atoms with Crippen LogP contribution in [0.15, 0.2) is 328 Å². The molecule has 2 aromatic heterocycles. The molecule has 0 radical (unpaired) electrons. The maximum absolute atomic E-state index is 2.50. The van der Waals surface area contributed by atoms with Crippen LogP contribution in [0.2, 0.25) is 0 Å². The Kier molecular flexibility index (Phi) is 13.5. The van der Waals surface area contributed by atoms with E-state index >= 15 is 0 Å². The largest absolute Gasteiger partial charge is 0.309 e. The number of hydrogen-bond donors (Lipinski definition) is 0. The Morgan fingerprint density at radius 2 is 0.435 bits per heavy atom. The molecule has 0 unspecified atom stereocenters. The lowest BCUT2D eigenvalue weighted by Gasteiger charge is -2.30. The summed E-state index contributed by atoms with van der Waals surface area (Å²) < 4.78 is 4.95. The zero-order valence-corrected chi connectivity index (χ0v) is 65.9. The smallest absolute Gasteiger partial charge is 0.0725 e. The van der Waals surface area contributed by atoms with Gasteiger partial charge in [-0.3, -0.25) is 0 Å². The summed E-state index contributed by atoms with van der Waals surface area (Å²) in [6.07, 6.45) is 9.36. The van der Waals surface area contributed by atoms with Crippen molar-refractivity contribution >= 4 is 67.9 Å². The molecule has 0 saturated heterocycles. The Labute approximate surface area is 672 Å². The maximum atomic E-state index is 2.50. The van der Waals surface area contributed by atoms with Gasteiger partial charge in [-0.05, 0) is 263 Å². The number of nitrogens with zero attached hydrogens (tertiary/aromatic N) is 2. The summed E-state index contributed by atoms with van der Waals surface area (Å²) >= 11 is 0. The lowest BCUT2D eigenvalue weighted by Crippen LogP contribution is -2.26. The Morgan fingerprint density at radius 1 is 0.183 bits per heavy atom. The van der Waals surface area contributed by atoms with Crippen molar-refractivity contribution in [2.24, 2.45) is 0 Å². The molecule has 0 atom stereocenters. The van der Waals surface area contributed by atoms with Gasteiger partial charge in [-0.25, -0.2) is 0 Å². The molecule has 6 aliphatic carbocycles. The highest BCUT2D eigenvalue weighted by molar-refractivity contribution is 6.12. The molecule has 0 N–H and O–H groups in total. The van der Waals surface area contributed by atoms with E-state index in [1.54, 1.807) is 0 Å². The van der Waals surface area contributed by atoms with Gasteiger partial charge in [-0.2, -0.15) is 0 Å². The quantitative estimate of drug-likeness (QED) is 0.134. The third-order valence-corrected chi connectivity index (χ3v) is 28.1. The number of hydrogen-bond acceptors (Lipinski definition) is 0. The van der Waals surface area contributed by atoms with Gasteiger partial charge in [0, 0.05) is 54.6 Å². The zero-order chi connectivity index (χ0) is 76.9. The zero-order valence-electron chi connectivity index (χ0n) is 65.9. The Hall–Kier alpha value is -13.4. The fourth-order valence-corrected chi connectivity index (χ4v) is 22.4. The molecule has 0 fully saturated rings. The highest BCUT2D eigenvalue weighted by Crippen LogP contribution is 2.64. The van der Waals surface area contributed by atoms with Crippen molar-refractivity contribution in [3.8, 4) is 100 Å². The highest BCUT2D eigenvalue weighted by atomic mass is 15.0. The van der Waals surface area contributed by atoms with Crippen LogP contribution in [0.25, 0.3) is 168 Å². The standard InChI is InChI=1S/C113H82N2/c1-109(2)93-27-15-9-21-77(93)85-53-45-75(65-101(85)109)114-105-31-19-13-25-89(105)91-61-71(43-55-107(91)114)73-41-51-83-81-47-37-67(57-97(81)111(5,6)99(83)63-73)33-35-69-39-49-87-88-50-40-70(60-104(88)113(103(87)59-69)95-29-17-11-23-79(95)80-24-12-18-30-96(80)113)36-34-68-38-48-82-84-52-42-74(64-100(84)112(7,8)98(82)58-68)72-44-56-108-92(62-72)90-26-14-20-32-106(90)115(108)76-46-54-86-78-22-10-16-28-94(78)110(3,4)102(86)66-76/h9-66H,1-8H3/b35-33+,36-34+. The Balaban J connectivity index is 0.518. The maximum Gasteiger partial charge on any atom is 0.0725 e. The Bertz CT molecular complexity index is 7020. The fraction of sp³-hybridized carbons (Fsp3) is 0.115. The summed E-state index contributed by atoms with van der Waals surface area (Å²) in [4.78, 5) is 0. The molecule has 2 heterocycles. The van der Waals surface area contributed by atoms with E-state index < -0.39 is 5.41 Å². The molecule has 0 amide bonds. The first kappa shape index (κ1) is 66.2. The van der Waals surface area contributed by atoms with Crippen LogP contribution in [0.3, 0.4) is 0 Å². The summed E-state index contributed by atoms with van der Waals surface area (Å²) in [5, 5.41) is 5.06. The van der Waals surface area contributed by atoms with Crippen molar-refractivity contribution < 1.29 is 0 Å². The van der Waals surface area contributed by atoms with Crippen LogP contribution >= 0.6 is 0 Å². The number of rotatable bonds is 8. The van der Waals surface area contributed by atoms with Crippen LogP contribution in [-0.2, 0) is 27.1 Å². The number of para-hydroxylation sites is 2. The third kappa shape index (κ3) is 9.06. The molecule has 2 heteroatoms. The van der Waals surface area contributed by atoms with E-state index in [-0.39, 0.29) is 21.7 Å². The second-order valence-corrected chi connectivity index (χ2v) is 35.5. The average molecular weight is 1470 g/mol. The van der Waals surface area contributed by atoms with Gasteiger partial charge in [-0.15, -0.1) is 0 Å². The predicted octanol–water partition coefficient (Wildman–Crippen LogP) is 29.1. The average Bonchev–Trinajstić information content (AvgIpc) is 1.51. The first-order valence-corrected chi connectivity index (χ1v) is 41.0. The van der Waals surface area contributed by atoms with E-state index in [1.807, 2.05) is 0 Å². The molecule has 0 bridgehead atoms. The lowest BCUT2D eigenvalue weighted by atomic mass is 9.70. The second kappa shape index (κ2) is 23.4. The summed E-state index contributed by atoms with van der Waals surface area (Å²) in [6.45, 7) is 19.1. The number of benzene rings is 16. The van der Waals surface area contributed by atoms with Gasteiger partial charge in [0.05, 0.1) is 27.5 Å². The molecule has 115 heavy (non-hydrogen) atoms. The molecular weight excluding hydrogens is 1390 g/mol. The van der Waals surface area contributed by atoms with Gasteiger partial charge < -0.3 is 9.13 Å². The monoisotopic (exact) mass is 1470 g/mol. The second-order valence-electron chi connectivity index (χ2n) is 35.5. The van der Waals surface area contributed by atoms with E-state index in [9.17, 15) is 0 Å². The van der Waals surface area contributed by atoms with E-state index in [2.05, 4.69) is 416 Å². The molecule has 0 aliphatic heterocycles. The molecule has 1 spiro atoms. The van der Waals surface area contributed by atoms with Gasteiger partial charge in [-0.1, -0.05) is 322 Å². The number of aromatic nitrogens is 2. The third-order valence-electron chi connectivity index (χ3n) is 28.1. The van der Waals surface area contributed by atoms with Gasteiger partial charge in [0.2, 0.25) is 0 Å². The molecule has 18 aromatic rings. The van der Waals surface area contributed by atoms with Gasteiger partial charge in [0.15, 0.2) is 0 Å². The van der Waals surface area contributed by atoms with E-state index in [0.29, 0.717) is 0 Å². The summed E-state index contributed by atoms with van der Waals surface area (Å²) in [7, 11) is 0. The topological polar surface area (TPSA) is 9.86 Å². The fourth-order valence-electron chi connectivity index (χ4n) is 22.4. The SMILES string of the molecule is CC1(C)c2cc(/C=C/c3ccc4c(c3)C3(c5ccccc5-c5ccccc53)c3cc(/C=C/c5ccc6c(c5)C(C)(C)c5cc(-c7ccc8c(c7)c7ccccc7n8-c7ccc8c(c7)C(C)(C)c7ccccc7-8)ccc5-6)ccc3-4)ccc2-c2ccc(-c3ccc4c(c3)c3ccccc3n4-c3ccc4c(c3)C(C)(C)c3ccccc3-4)cc21. The number of fused-ring (bicyclic) bond motifs is 28. The van der Waals surface area contributed by atoms with Crippen LogP contribution in [0.1, 0.15) is 144 Å².